The summed E-state index contributed by atoms with van der Waals surface area (Å²) in [5.41, 5.74) is 1.58. The van der Waals surface area contributed by atoms with E-state index in [-0.39, 0.29) is 24.4 Å². The number of carbonyl (C=O) groups excluding carboxylic acids is 1. The van der Waals surface area contributed by atoms with Gasteiger partial charge < -0.3 is 23.7 Å². The number of hydrogen-bond donors (Lipinski definition) is 1. The van der Waals surface area contributed by atoms with Gasteiger partial charge in [0.25, 0.3) is 0 Å². The van der Waals surface area contributed by atoms with Crippen molar-refractivity contribution in [2.24, 2.45) is 0 Å². The van der Waals surface area contributed by atoms with Gasteiger partial charge in [0.05, 0.1) is 14.2 Å². The van der Waals surface area contributed by atoms with E-state index in [1.54, 1.807) is 33.3 Å². The van der Waals surface area contributed by atoms with Gasteiger partial charge in [-0.25, -0.2) is 4.79 Å². The van der Waals surface area contributed by atoms with Crippen LogP contribution in [0.5, 0.6) is 17.2 Å². The molecule has 2 aromatic carbocycles. The first kappa shape index (κ1) is 20.3. The molecule has 3 rings (SSSR count). The van der Waals surface area contributed by atoms with E-state index in [1.165, 1.54) is 12.1 Å². The topological polar surface area (TPSA) is 95.2 Å². The molecule has 29 heavy (non-hydrogen) atoms. The maximum Gasteiger partial charge on any atom is 0.336 e. The van der Waals surface area contributed by atoms with Crippen molar-refractivity contribution in [1.82, 2.24) is 0 Å². The fraction of sp³-hybridized carbons (Fsp3) is 0.273. The minimum absolute atomic E-state index is 0.0310. The van der Waals surface area contributed by atoms with Crippen LogP contribution >= 0.6 is 0 Å². The van der Waals surface area contributed by atoms with Crippen LogP contribution in [0.25, 0.3) is 11.0 Å². The maximum absolute atomic E-state index is 12.2. The van der Waals surface area contributed by atoms with Gasteiger partial charge >= 0.3 is 11.6 Å². The lowest BCUT2D eigenvalue weighted by Crippen LogP contribution is -2.09. The highest BCUT2D eigenvalue weighted by atomic mass is 16.5. The predicted octanol–water partition coefficient (Wildman–Crippen LogP) is 3.50. The van der Waals surface area contributed by atoms with Gasteiger partial charge in [-0.15, -0.1) is 0 Å². The van der Waals surface area contributed by atoms with Crippen molar-refractivity contribution in [2.75, 3.05) is 14.2 Å². The van der Waals surface area contributed by atoms with Crippen molar-refractivity contribution in [2.45, 2.75) is 26.4 Å². The lowest BCUT2D eigenvalue weighted by atomic mass is 10.1. The number of carbonyl (C=O) groups is 1. The lowest BCUT2D eigenvalue weighted by Gasteiger charge is -2.10. The summed E-state index contributed by atoms with van der Waals surface area (Å²) in [7, 11) is 3.13. The van der Waals surface area contributed by atoms with E-state index in [0.717, 1.165) is 5.56 Å². The molecule has 0 saturated carbocycles. The number of rotatable bonds is 7. The fourth-order valence-electron chi connectivity index (χ4n) is 3.02. The molecule has 152 valence electrons. The summed E-state index contributed by atoms with van der Waals surface area (Å²) in [6, 6.07) is 9.86. The fourth-order valence-corrected chi connectivity index (χ4v) is 3.02. The first-order valence-corrected chi connectivity index (χ1v) is 9.04. The second kappa shape index (κ2) is 8.68. The monoisotopic (exact) mass is 398 g/mol. The molecule has 7 nitrogen and oxygen atoms in total. The van der Waals surface area contributed by atoms with Crippen molar-refractivity contribution in [3.63, 3.8) is 0 Å². The van der Waals surface area contributed by atoms with Crippen LogP contribution in [-0.4, -0.2) is 25.3 Å². The zero-order valence-corrected chi connectivity index (χ0v) is 16.5. The van der Waals surface area contributed by atoms with Crippen molar-refractivity contribution in [3.8, 4) is 17.2 Å². The molecule has 0 saturated heterocycles. The predicted molar refractivity (Wildman–Crippen MR) is 107 cm³/mol. The van der Waals surface area contributed by atoms with E-state index in [4.69, 9.17) is 18.6 Å². The van der Waals surface area contributed by atoms with Gasteiger partial charge in [0.1, 0.15) is 29.4 Å². The molecule has 0 unspecified atom stereocenters. The Morgan fingerprint density at radius 3 is 2.41 bits per heavy atom. The molecule has 0 spiro atoms. The van der Waals surface area contributed by atoms with Crippen LogP contribution in [0.4, 0.5) is 0 Å². The van der Waals surface area contributed by atoms with Crippen molar-refractivity contribution in [3.05, 3.63) is 63.5 Å². The van der Waals surface area contributed by atoms with Gasteiger partial charge in [-0.05, 0) is 43.2 Å². The number of esters is 1. The summed E-state index contributed by atoms with van der Waals surface area (Å²) in [6.45, 7) is 1.59. The quantitative estimate of drug-likeness (QED) is 0.481. The third-order valence-electron chi connectivity index (χ3n) is 4.64. The van der Waals surface area contributed by atoms with Crippen molar-refractivity contribution in [1.29, 1.82) is 0 Å². The highest BCUT2D eigenvalue weighted by Crippen LogP contribution is 2.28. The van der Waals surface area contributed by atoms with Gasteiger partial charge in [-0.3, -0.25) is 4.79 Å². The number of methoxy groups -OCH3 is 2. The highest BCUT2D eigenvalue weighted by Gasteiger charge is 2.13. The Morgan fingerprint density at radius 1 is 1.07 bits per heavy atom. The third-order valence-corrected chi connectivity index (χ3v) is 4.64. The van der Waals surface area contributed by atoms with Crippen LogP contribution in [0.15, 0.2) is 45.6 Å². The molecule has 0 aliphatic heterocycles. The number of phenols is 1. The van der Waals surface area contributed by atoms with Gasteiger partial charge in [0.15, 0.2) is 0 Å². The van der Waals surface area contributed by atoms with Gasteiger partial charge in [0.2, 0.25) is 0 Å². The van der Waals surface area contributed by atoms with Crippen LogP contribution in [0.2, 0.25) is 0 Å². The Morgan fingerprint density at radius 2 is 1.76 bits per heavy atom. The Bertz CT molecular complexity index is 1080. The number of aromatic hydroxyl groups is 1. The highest BCUT2D eigenvalue weighted by molar-refractivity contribution is 5.85. The average Bonchev–Trinajstić information content (AvgIpc) is 2.73. The summed E-state index contributed by atoms with van der Waals surface area (Å²) in [5, 5.41) is 10.4. The molecule has 7 heteroatoms. The summed E-state index contributed by atoms with van der Waals surface area (Å²) < 4.78 is 21.0. The lowest BCUT2D eigenvalue weighted by molar-refractivity contribution is -0.144. The standard InChI is InChI=1S/C22H22O7/c1-13-19(23)6-5-18-15(10-21(25)29-22(13)18)12-28-20(24)7-4-14-8-16(26-2)11-17(9-14)27-3/h5-6,8-11,23H,4,7,12H2,1-3H3. The van der Waals surface area contributed by atoms with Crippen molar-refractivity contribution < 1.29 is 28.5 Å². The second-order valence-corrected chi connectivity index (χ2v) is 6.56. The maximum atomic E-state index is 12.2. The van der Waals surface area contributed by atoms with Crippen LogP contribution in [-0.2, 0) is 22.6 Å². The minimum Gasteiger partial charge on any atom is -0.508 e. The van der Waals surface area contributed by atoms with Gasteiger partial charge in [0, 0.05) is 35.1 Å². The molecular formula is C22H22O7. The Balaban J connectivity index is 1.69. The van der Waals surface area contributed by atoms with Gasteiger partial charge in [-0.2, -0.15) is 0 Å². The average molecular weight is 398 g/mol. The molecule has 0 amide bonds. The number of phenolic OH excluding ortho intramolecular Hbond substituents is 1. The molecule has 0 atom stereocenters. The van der Waals surface area contributed by atoms with E-state index in [0.29, 0.717) is 34.4 Å². The summed E-state index contributed by atoms with van der Waals surface area (Å²) in [6.07, 6.45) is 0.618. The van der Waals surface area contributed by atoms with E-state index in [1.807, 2.05) is 12.1 Å². The first-order valence-electron chi connectivity index (χ1n) is 9.04. The molecule has 1 N–H and O–H groups in total. The smallest absolute Gasteiger partial charge is 0.336 e. The molecule has 0 radical (unpaired) electrons. The van der Waals surface area contributed by atoms with Crippen LogP contribution < -0.4 is 15.1 Å². The molecule has 0 bridgehead atoms. The second-order valence-electron chi connectivity index (χ2n) is 6.56. The Hall–Kier alpha value is -3.48. The molecule has 0 fully saturated rings. The largest absolute Gasteiger partial charge is 0.508 e. The van der Waals surface area contributed by atoms with E-state index >= 15 is 0 Å². The number of aryl methyl sites for hydroxylation is 2. The molecular weight excluding hydrogens is 376 g/mol. The minimum atomic E-state index is -0.569. The zero-order valence-electron chi connectivity index (χ0n) is 16.5. The van der Waals surface area contributed by atoms with Crippen LogP contribution in [0.1, 0.15) is 23.1 Å². The third kappa shape index (κ3) is 4.68. The Labute approximate surface area is 167 Å². The van der Waals surface area contributed by atoms with E-state index < -0.39 is 11.6 Å². The van der Waals surface area contributed by atoms with Crippen LogP contribution in [0.3, 0.4) is 0 Å². The first-order chi connectivity index (χ1) is 13.9. The zero-order chi connectivity index (χ0) is 21.0. The SMILES string of the molecule is COc1cc(CCC(=O)OCc2cc(=O)oc3c(C)c(O)ccc23)cc(OC)c1. The number of ether oxygens (including phenoxy) is 3. The number of fused-ring (bicyclic) bond motifs is 1. The summed E-state index contributed by atoms with van der Waals surface area (Å²) in [5.74, 6) is 0.926. The molecule has 0 aliphatic rings. The normalized spacial score (nSPS) is 10.7. The Kier molecular flexibility index (Phi) is 6.07. The summed E-state index contributed by atoms with van der Waals surface area (Å²) >= 11 is 0. The summed E-state index contributed by atoms with van der Waals surface area (Å²) in [4.78, 5) is 24.0. The molecule has 3 aromatic rings. The number of benzene rings is 2. The molecule has 1 heterocycles. The van der Waals surface area contributed by atoms with Gasteiger partial charge in [-0.1, -0.05) is 0 Å². The van der Waals surface area contributed by atoms with Crippen molar-refractivity contribution >= 4 is 16.9 Å². The molecule has 1 aromatic heterocycles. The number of hydrogen-bond acceptors (Lipinski definition) is 7. The molecule has 0 aliphatic carbocycles. The van der Waals surface area contributed by atoms with E-state index in [9.17, 15) is 14.7 Å². The van der Waals surface area contributed by atoms with E-state index in [2.05, 4.69) is 0 Å². The van der Waals surface area contributed by atoms with Crippen LogP contribution in [0, 0.1) is 6.92 Å².